The van der Waals surface area contributed by atoms with Gasteiger partial charge in [0.15, 0.2) is 16.3 Å². The third kappa shape index (κ3) is 6.29. The van der Waals surface area contributed by atoms with E-state index in [2.05, 4.69) is 27.0 Å². The zero-order valence-electron chi connectivity index (χ0n) is 25.8. The lowest BCUT2D eigenvalue weighted by molar-refractivity contribution is -0.139. The molecule has 1 aromatic heterocycles. The second kappa shape index (κ2) is 14.1. The second-order valence-corrected chi connectivity index (χ2v) is 11.9. The number of esters is 1. The molecule has 0 aliphatic carbocycles. The van der Waals surface area contributed by atoms with Crippen molar-refractivity contribution in [1.82, 2.24) is 4.57 Å². The number of ether oxygens (including phenoxy) is 5. The number of aromatic nitrogens is 1. The Balaban J connectivity index is 1.58. The van der Waals surface area contributed by atoms with Gasteiger partial charge in [-0.2, -0.15) is 5.26 Å². The number of fused-ring (bicyclic) bond motifs is 1. The maximum absolute atomic E-state index is 14.1. The van der Waals surface area contributed by atoms with Crippen molar-refractivity contribution in [2.45, 2.75) is 26.5 Å². The van der Waals surface area contributed by atoms with Gasteiger partial charge in [0.25, 0.3) is 5.56 Å². The predicted octanol–water partition coefficient (Wildman–Crippen LogP) is 5.04. The fraction of sp³-hybridized carbons (Fsp3) is 0.235. The molecule has 0 spiro atoms. The van der Waals surface area contributed by atoms with Crippen molar-refractivity contribution >= 4 is 39.3 Å². The van der Waals surface area contributed by atoms with Gasteiger partial charge in [0.05, 0.1) is 65.9 Å². The number of nitriles is 1. The third-order valence-electron chi connectivity index (χ3n) is 7.29. The number of benzene rings is 3. The number of hydrogen-bond donors (Lipinski definition) is 0. The summed E-state index contributed by atoms with van der Waals surface area (Å²) in [6, 6.07) is 17.5. The molecule has 0 unspecified atom stereocenters. The maximum atomic E-state index is 14.1. The number of hydrogen-bond acceptors (Lipinski definition) is 10. The Labute approximate surface area is 277 Å². The highest BCUT2D eigenvalue weighted by Crippen LogP contribution is 2.42. The van der Waals surface area contributed by atoms with Gasteiger partial charge in [0.1, 0.15) is 12.4 Å². The first kappa shape index (κ1) is 32.5. The molecule has 0 amide bonds. The van der Waals surface area contributed by atoms with Crippen molar-refractivity contribution in [3.63, 3.8) is 0 Å². The standard InChI is InChI=1S/C34H30BrN3O7S/c1-6-44-33(40)29-19(2)37-34-38(30(29)23-15-26(41-3)31(43-5)27(16-23)42-4)32(39)28(46-34)14-20-11-12-25(24(35)13-20)45-18-22-10-8-7-9-21(22)17-36/h7-16,30H,6,18H2,1-5H3/b28-14+/t30-/m1/s1. The van der Waals surface area contributed by atoms with E-state index in [1.807, 2.05) is 30.3 Å². The van der Waals surface area contributed by atoms with Gasteiger partial charge in [-0.15, -0.1) is 0 Å². The SMILES string of the molecule is CCOC(=O)C1=C(C)N=c2s/c(=C/c3ccc(OCc4ccccc4C#N)c(Br)c3)c(=O)n2[C@@H]1c1cc(OC)c(OC)c(OC)c1. The minimum absolute atomic E-state index is 0.154. The fourth-order valence-corrected chi connectivity index (χ4v) is 6.71. The van der Waals surface area contributed by atoms with Gasteiger partial charge >= 0.3 is 5.97 Å². The van der Waals surface area contributed by atoms with E-state index in [9.17, 15) is 14.9 Å². The van der Waals surface area contributed by atoms with Crippen LogP contribution in [0.25, 0.3) is 6.08 Å². The van der Waals surface area contributed by atoms with E-state index in [4.69, 9.17) is 23.7 Å². The highest BCUT2D eigenvalue weighted by molar-refractivity contribution is 9.10. The summed E-state index contributed by atoms with van der Waals surface area (Å²) in [5.41, 5.74) is 2.97. The Morgan fingerprint density at radius 3 is 2.41 bits per heavy atom. The lowest BCUT2D eigenvalue weighted by atomic mass is 9.95. The highest BCUT2D eigenvalue weighted by atomic mass is 79.9. The van der Waals surface area contributed by atoms with Crippen LogP contribution in [-0.2, 0) is 16.1 Å². The monoisotopic (exact) mass is 703 g/mol. The van der Waals surface area contributed by atoms with Crippen LogP contribution >= 0.6 is 27.3 Å². The van der Waals surface area contributed by atoms with Gasteiger partial charge in [0, 0.05) is 5.56 Å². The van der Waals surface area contributed by atoms with Crippen molar-refractivity contribution in [1.29, 1.82) is 5.26 Å². The molecule has 5 rings (SSSR count). The summed E-state index contributed by atoms with van der Waals surface area (Å²) in [6.07, 6.45) is 1.76. The summed E-state index contributed by atoms with van der Waals surface area (Å²) < 4.78 is 30.6. The summed E-state index contributed by atoms with van der Waals surface area (Å²) in [5.74, 6) is 1.14. The lowest BCUT2D eigenvalue weighted by Gasteiger charge is -2.26. The quantitative estimate of drug-likeness (QED) is 0.211. The normalized spacial score (nSPS) is 14.2. The van der Waals surface area contributed by atoms with Crippen molar-refractivity contribution in [3.8, 4) is 29.1 Å². The van der Waals surface area contributed by atoms with Crippen LogP contribution in [0.4, 0.5) is 0 Å². The molecule has 236 valence electrons. The molecule has 0 saturated heterocycles. The molecule has 0 saturated carbocycles. The van der Waals surface area contributed by atoms with E-state index < -0.39 is 12.0 Å². The number of methoxy groups -OCH3 is 3. The largest absolute Gasteiger partial charge is 0.493 e. The third-order valence-corrected chi connectivity index (χ3v) is 8.90. The highest BCUT2D eigenvalue weighted by Gasteiger charge is 2.34. The number of thiazole rings is 1. The van der Waals surface area contributed by atoms with E-state index in [1.165, 1.54) is 37.2 Å². The van der Waals surface area contributed by atoms with Crippen LogP contribution in [-0.4, -0.2) is 38.5 Å². The van der Waals surface area contributed by atoms with E-state index in [0.717, 1.165) is 11.1 Å². The number of rotatable bonds is 10. The Morgan fingerprint density at radius 1 is 1.07 bits per heavy atom. The van der Waals surface area contributed by atoms with E-state index in [-0.39, 0.29) is 24.3 Å². The number of halogens is 1. The minimum atomic E-state index is -0.870. The Kier molecular flexibility index (Phi) is 9.94. The molecule has 1 aliphatic heterocycles. The summed E-state index contributed by atoms with van der Waals surface area (Å²) in [6.45, 7) is 3.82. The molecular weight excluding hydrogens is 674 g/mol. The van der Waals surface area contributed by atoms with Gasteiger partial charge in [-0.25, -0.2) is 9.79 Å². The summed E-state index contributed by atoms with van der Waals surface area (Å²) >= 11 is 4.78. The van der Waals surface area contributed by atoms with Crippen molar-refractivity contribution in [2.75, 3.05) is 27.9 Å². The molecule has 2 heterocycles. The summed E-state index contributed by atoms with van der Waals surface area (Å²) in [4.78, 5) is 32.5. The van der Waals surface area contributed by atoms with Crippen LogP contribution in [0, 0.1) is 11.3 Å². The van der Waals surface area contributed by atoms with Crippen LogP contribution < -0.4 is 33.8 Å². The van der Waals surface area contributed by atoms with Gasteiger partial charge in [0.2, 0.25) is 5.75 Å². The van der Waals surface area contributed by atoms with Crippen LogP contribution in [0.15, 0.2) is 80.1 Å². The molecule has 10 nitrogen and oxygen atoms in total. The van der Waals surface area contributed by atoms with Gasteiger partial charge in [-0.1, -0.05) is 35.6 Å². The van der Waals surface area contributed by atoms with Crippen LogP contribution in [0.1, 0.15) is 42.1 Å². The van der Waals surface area contributed by atoms with Crippen molar-refractivity contribution < 1.29 is 28.5 Å². The van der Waals surface area contributed by atoms with Crippen LogP contribution in [0.2, 0.25) is 0 Å². The molecule has 1 aliphatic rings. The zero-order valence-corrected chi connectivity index (χ0v) is 28.2. The first-order valence-corrected chi connectivity index (χ1v) is 15.7. The molecule has 0 N–H and O–H groups in total. The first-order valence-electron chi connectivity index (χ1n) is 14.1. The maximum Gasteiger partial charge on any atom is 0.338 e. The first-order chi connectivity index (χ1) is 22.2. The smallest absolute Gasteiger partial charge is 0.338 e. The molecule has 1 atom stereocenters. The number of allylic oxidation sites excluding steroid dienone is 1. The Morgan fingerprint density at radius 2 is 1.78 bits per heavy atom. The average Bonchev–Trinajstić information content (AvgIpc) is 3.36. The molecular formula is C34H30BrN3O7S. The van der Waals surface area contributed by atoms with Gasteiger partial charge < -0.3 is 23.7 Å². The zero-order chi connectivity index (χ0) is 33.0. The van der Waals surface area contributed by atoms with Gasteiger partial charge in [-0.05, 0) is 77.3 Å². The van der Waals surface area contributed by atoms with E-state index in [0.29, 0.717) is 53.6 Å². The summed E-state index contributed by atoms with van der Waals surface area (Å²) in [7, 11) is 4.50. The average molecular weight is 705 g/mol. The molecule has 46 heavy (non-hydrogen) atoms. The summed E-state index contributed by atoms with van der Waals surface area (Å²) in [5, 5.41) is 9.37. The Bertz CT molecular complexity index is 2050. The molecule has 3 aromatic carbocycles. The predicted molar refractivity (Wildman–Crippen MR) is 176 cm³/mol. The molecule has 0 fully saturated rings. The van der Waals surface area contributed by atoms with Gasteiger partial charge in [-0.3, -0.25) is 9.36 Å². The molecule has 0 bridgehead atoms. The molecule has 12 heteroatoms. The van der Waals surface area contributed by atoms with E-state index in [1.54, 1.807) is 44.2 Å². The number of carbonyl (C=O) groups is 1. The van der Waals surface area contributed by atoms with Crippen LogP contribution in [0.3, 0.4) is 0 Å². The van der Waals surface area contributed by atoms with Crippen LogP contribution in [0.5, 0.6) is 23.0 Å². The number of nitrogens with zero attached hydrogens (tertiary/aromatic N) is 3. The molecule has 0 radical (unpaired) electrons. The molecule has 4 aromatic rings. The Hall–Kier alpha value is -4.86. The fourth-order valence-electron chi connectivity index (χ4n) is 5.15. The minimum Gasteiger partial charge on any atom is -0.493 e. The van der Waals surface area contributed by atoms with Crippen molar-refractivity contribution in [2.24, 2.45) is 4.99 Å². The topological polar surface area (TPSA) is 121 Å². The van der Waals surface area contributed by atoms with E-state index >= 15 is 0 Å². The number of carbonyl (C=O) groups excluding carboxylic acids is 1. The van der Waals surface area contributed by atoms with Crippen molar-refractivity contribution in [3.05, 3.63) is 112 Å². The lowest BCUT2D eigenvalue weighted by Crippen LogP contribution is -2.40. The second-order valence-electron chi connectivity index (χ2n) is 10.0.